The molecule has 4 nitrogen and oxygen atoms in total. The van der Waals surface area contributed by atoms with Crippen molar-refractivity contribution in [3.63, 3.8) is 0 Å². The monoisotopic (exact) mass is 217 g/mol. The van der Waals surface area contributed by atoms with Crippen LogP contribution in [-0.2, 0) is 0 Å². The molecule has 1 heterocycles. The third kappa shape index (κ3) is 2.06. The van der Waals surface area contributed by atoms with Crippen LogP contribution in [0.25, 0.3) is 10.9 Å². The molecule has 0 saturated carbocycles. The molecule has 16 heavy (non-hydrogen) atoms. The third-order valence-corrected chi connectivity index (χ3v) is 2.48. The highest BCUT2D eigenvalue weighted by Gasteiger charge is 2.02. The summed E-state index contributed by atoms with van der Waals surface area (Å²) in [6.45, 7) is 1.34. The first kappa shape index (κ1) is 10.7. The molecule has 84 valence electrons. The standard InChI is InChI=1S/C12H15N3O/c13-6-3-7-14-11-8-15-10-5-2-1-4-9(10)12(11)16/h1-2,4-5,8,14H,3,6-7,13H2,(H,15,16). The van der Waals surface area contributed by atoms with Crippen molar-refractivity contribution in [1.82, 2.24) is 4.98 Å². The molecule has 0 radical (unpaired) electrons. The van der Waals surface area contributed by atoms with Gasteiger partial charge in [-0.2, -0.15) is 0 Å². The van der Waals surface area contributed by atoms with E-state index in [2.05, 4.69) is 10.3 Å². The summed E-state index contributed by atoms with van der Waals surface area (Å²) in [6.07, 6.45) is 2.56. The molecule has 2 rings (SSSR count). The van der Waals surface area contributed by atoms with E-state index in [1.807, 2.05) is 24.3 Å². The highest BCUT2D eigenvalue weighted by Crippen LogP contribution is 2.09. The van der Waals surface area contributed by atoms with Gasteiger partial charge in [0.05, 0.1) is 5.69 Å². The van der Waals surface area contributed by atoms with E-state index in [1.165, 1.54) is 0 Å². The number of aromatic nitrogens is 1. The predicted molar refractivity (Wildman–Crippen MR) is 66.7 cm³/mol. The summed E-state index contributed by atoms with van der Waals surface area (Å²) in [6, 6.07) is 7.48. The van der Waals surface area contributed by atoms with Gasteiger partial charge in [-0.25, -0.2) is 0 Å². The van der Waals surface area contributed by atoms with E-state index in [-0.39, 0.29) is 5.43 Å². The quantitative estimate of drug-likeness (QED) is 0.676. The van der Waals surface area contributed by atoms with Crippen molar-refractivity contribution < 1.29 is 0 Å². The van der Waals surface area contributed by atoms with E-state index in [0.29, 0.717) is 17.6 Å². The first-order chi connectivity index (χ1) is 7.83. The lowest BCUT2D eigenvalue weighted by Crippen LogP contribution is -2.15. The van der Waals surface area contributed by atoms with Gasteiger partial charge in [0.25, 0.3) is 0 Å². The van der Waals surface area contributed by atoms with Crippen molar-refractivity contribution in [2.75, 3.05) is 18.4 Å². The van der Waals surface area contributed by atoms with Crippen LogP contribution in [-0.4, -0.2) is 18.1 Å². The van der Waals surface area contributed by atoms with Crippen LogP contribution in [0.1, 0.15) is 6.42 Å². The zero-order valence-electron chi connectivity index (χ0n) is 8.99. The zero-order valence-corrected chi connectivity index (χ0v) is 8.99. The molecule has 0 aliphatic rings. The number of aromatic amines is 1. The van der Waals surface area contributed by atoms with Crippen LogP contribution in [0, 0.1) is 0 Å². The van der Waals surface area contributed by atoms with Gasteiger partial charge in [0.2, 0.25) is 5.43 Å². The van der Waals surface area contributed by atoms with E-state index < -0.39 is 0 Å². The van der Waals surface area contributed by atoms with Gasteiger partial charge < -0.3 is 16.0 Å². The van der Waals surface area contributed by atoms with Gasteiger partial charge in [0.1, 0.15) is 0 Å². The summed E-state index contributed by atoms with van der Waals surface area (Å²) in [5, 5.41) is 3.79. The first-order valence-electron chi connectivity index (χ1n) is 5.37. The molecule has 2 aromatic rings. The number of hydrogen-bond donors (Lipinski definition) is 3. The lowest BCUT2D eigenvalue weighted by molar-refractivity contribution is 0.873. The molecule has 0 atom stereocenters. The summed E-state index contributed by atoms with van der Waals surface area (Å²) in [4.78, 5) is 15.1. The molecule has 0 fully saturated rings. The van der Waals surface area contributed by atoms with Crippen LogP contribution >= 0.6 is 0 Å². The van der Waals surface area contributed by atoms with Crippen molar-refractivity contribution in [2.45, 2.75) is 6.42 Å². The molecule has 0 bridgehead atoms. The molecule has 0 aliphatic heterocycles. The molecule has 4 N–H and O–H groups in total. The number of pyridine rings is 1. The molecular formula is C12H15N3O. The van der Waals surface area contributed by atoms with Gasteiger partial charge in [0, 0.05) is 23.6 Å². The Labute approximate surface area is 93.5 Å². The Hall–Kier alpha value is -1.81. The Bertz CT molecular complexity index is 533. The van der Waals surface area contributed by atoms with Crippen molar-refractivity contribution in [3.8, 4) is 0 Å². The van der Waals surface area contributed by atoms with Crippen molar-refractivity contribution in [1.29, 1.82) is 0 Å². The predicted octanol–water partition coefficient (Wildman–Crippen LogP) is 1.29. The molecule has 4 heteroatoms. The second-order valence-corrected chi connectivity index (χ2v) is 3.65. The van der Waals surface area contributed by atoms with Crippen LogP contribution in [0.2, 0.25) is 0 Å². The van der Waals surface area contributed by atoms with Crippen LogP contribution in [0.4, 0.5) is 5.69 Å². The minimum absolute atomic E-state index is 0.0337. The van der Waals surface area contributed by atoms with Crippen molar-refractivity contribution >= 4 is 16.6 Å². The number of anilines is 1. The lowest BCUT2D eigenvalue weighted by Gasteiger charge is -2.05. The summed E-state index contributed by atoms with van der Waals surface area (Å²) in [5.41, 5.74) is 6.89. The fourth-order valence-electron chi connectivity index (χ4n) is 1.62. The number of H-pyrrole nitrogens is 1. The minimum Gasteiger partial charge on any atom is -0.381 e. The van der Waals surface area contributed by atoms with Gasteiger partial charge in [-0.1, -0.05) is 12.1 Å². The molecule has 0 amide bonds. The van der Waals surface area contributed by atoms with Gasteiger partial charge in [0.15, 0.2) is 0 Å². The zero-order chi connectivity index (χ0) is 11.4. The van der Waals surface area contributed by atoms with Gasteiger partial charge in [-0.15, -0.1) is 0 Å². The SMILES string of the molecule is NCCCNc1c[nH]c2ccccc2c1=O. The number of para-hydroxylation sites is 1. The lowest BCUT2D eigenvalue weighted by atomic mass is 10.2. The first-order valence-corrected chi connectivity index (χ1v) is 5.37. The second kappa shape index (κ2) is 4.81. The highest BCUT2D eigenvalue weighted by atomic mass is 16.1. The van der Waals surface area contributed by atoms with Crippen molar-refractivity contribution in [3.05, 3.63) is 40.7 Å². The Kier molecular flexibility index (Phi) is 3.22. The molecule has 1 aromatic carbocycles. The number of fused-ring (bicyclic) bond motifs is 1. The summed E-state index contributed by atoms with van der Waals surface area (Å²) in [7, 11) is 0. The number of hydrogen-bond acceptors (Lipinski definition) is 3. The molecule has 0 unspecified atom stereocenters. The molecule has 0 saturated heterocycles. The summed E-state index contributed by atoms with van der Waals surface area (Å²) in [5.74, 6) is 0. The van der Waals surface area contributed by atoms with Gasteiger partial charge in [-0.05, 0) is 25.1 Å². The molecule has 0 spiro atoms. The maximum atomic E-state index is 12.0. The Morgan fingerprint density at radius 1 is 1.31 bits per heavy atom. The van der Waals surface area contributed by atoms with Crippen LogP contribution in [0.5, 0.6) is 0 Å². The Morgan fingerprint density at radius 3 is 2.94 bits per heavy atom. The number of nitrogens with one attached hydrogen (secondary N) is 2. The topological polar surface area (TPSA) is 70.9 Å². The van der Waals surface area contributed by atoms with E-state index >= 15 is 0 Å². The number of rotatable bonds is 4. The fourth-order valence-corrected chi connectivity index (χ4v) is 1.62. The summed E-state index contributed by atoms with van der Waals surface area (Å²) >= 11 is 0. The van der Waals surface area contributed by atoms with Crippen molar-refractivity contribution in [2.24, 2.45) is 5.73 Å². The fraction of sp³-hybridized carbons (Fsp3) is 0.250. The normalized spacial score (nSPS) is 10.6. The van der Waals surface area contributed by atoms with Crippen LogP contribution in [0.15, 0.2) is 35.3 Å². The average Bonchev–Trinajstić information content (AvgIpc) is 2.33. The van der Waals surface area contributed by atoms with E-state index in [1.54, 1.807) is 6.20 Å². The number of benzene rings is 1. The van der Waals surface area contributed by atoms with Crippen LogP contribution in [0.3, 0.4) is 0 Å². The Balaban J connectivity index is 2.33. The van der Waals surface area contributed by atoms with Crippen LogP contribution < -0.4 is 16.5 Å². The van der Waals surface area contributed by atoms with E-state index in [0.717, 1.165) is 18.5 Å². The van der Waals surface area contributed by atoms with Gasteiger partial charge in [-0.3, -0.25) is 4.79 Å². The number of nitrogens with two attached hydrogens (primary N) is 1. The summed E-state index contributed by atoms with van der Waals surface area (Å²) < 4.78 is 0. The maximum Gasteiger partial charge on any atom is 0.212 e. The minimum atomic E-state index is 0.0337. The maximum absolute atomic E-state index is 12.0. The van der Waals surface area contributed by atoms with E-state index in [9.17, 15) is 4.79 Å². The van der Waals surface area contributed by atoms with E-state index in [4.69, 9.17) is 5.73 Å². The second-order valence-electron chi connectivity index (χ2n) is 3.65. The average molecular weight is 217 g/mol. The smallest absolute Gasteiger partial charge is 0.212 e. The third-order valence-electron chi connectivity index (χ3n) is 2.48. The molecular weight excluding hydrogens is 202 g/mol. The molecule has 0 aliphatic carbocycles. The molecule has 1 aromatic heterocycles. The highest BCUT2D eigenvalue weighted by molar-refractivity contribution is 5.81. The largest absolute Gasteiger partial charge is 0.381 e. The Morgan fingerprint density at radius 2 is 2.12 bits per heavy atom. The van der Waals surface area contributed by atoms with Gasteiger partial charge >= 0.3 is 0 Å².